The molecular formula is C31H29O2PS. The third-order valence-electron chi connectivity index (χ3n) is 6.74. The normalized spacial score (nSPS) is 18.1. The van der Waals surface area contributed by atoms with Crippen molar-refractivity contribution in [1.82, 2.24) is 0 Å². The van der Waals surface area contributed by atoms with Crippen LogP contribution < -0.4 is 15.3 Å². The zero-order valence-electron chi connectivity index (χ0n) is 20.0. The number of methoxy groups -OCH3 is 1. The lowest BCUT2D eigenvalue weighted by Crippen LogP contribution is -2.29. The maximum Gasteiger partial charge on any atom is 0.156 e. The smallest absolute Gasteiger partial charge is 0.156 e. The lowest BCUT2D eigenvalue weighted by Gasteiger charge is -2.37. The number of thioether (sulfide) groups is 1. The molecular weight excluding hydrogens is 467 g/mol. The number of allylic oxidation sites excluding steroid dienone is 1. The van der Waals surface area contributed by atoms with Crippen LogP contribution in [0.25, 0.3) is 5.57 Å². The Labute approximate surface area is 212 Å². The Morgan fingerprint density at radius 3 is 1.89 bits per heavy atom. The minimum absolute atomic E-state index is 0.1000. The Bertz CT molecular complexity index is 1300. The molecule has 0 spiro atoms. The molecule has 1 aliphatic rings. The third-order valence-corrected chi connectivity index (χ3v) is 12.2. The van der Waals surface area contributed by atoms with Gasteiger partial charge in [0.1, 0.15) is 5.75 Å². The lowest BCUT2D eigenvalue weighted by molar-refractivity contribution is 0.415. The maximum absolute atomic E-state index is 15.3. The average molecular weight is 497 g/mol. The van der Waals surface area contributed by atoms with Crippen LogP contribution in [0.2, 0.25) is 0 Å². The third kappa shape index (κ3) is 4.76. The number of ether oxygens (including phenoxy) is 1. The quantitative estimate of drug-likeness (QED) is 0.257. The van der Waals surface area contributed by atoms with Gasteiger partial charge in [0, 0.05) is 16.5 Å². The fourth-order valence-electron chi connectivity index (χ4n) is 4.80. The Balaban J connectivity index is 1.64. The van der Waals surface area contributed by atoms with Gasteiger partial charge in [-0.2, -0.15) is 0 Å². The molecule has 0 N–H and O–H groups in total. The number of hydrogen-bond donors (Lipinski definition) is 0. The first-order chi connectivity index (χ1) is 17.1. The summed E-state index contributed by atoms with van der Waals surface area (Å²) < 4.78 is 20.6. The zero-order chi connectivity index (χ0) is 24.3. The van der Waals surface area contributed by atoms with Gasteiger partial charge in [0.15, 0.2) is 7.14 Å². The molecule has 2 atom stereocenters. The second kappa shape index (κ2) is 10.3. The van der Waals surface area contributed by atoms with Crippen molar-refractivity contribution in [1.29, 1.82) is 0 Å². The van der Waals surface area contributed by atoms with Gasteiger partial charge < -0.3 is 9.30 Å². The zero-order valence-corrected chi connectivity index (χ0v) is 21.7. The predicted molar refractivity (Wildman–Crippen MR) is 151 cm³/mol. The summed E-state index contributed by atoms with van der Waals surface area (Å²) in [7, 11) is -1.28. The highest BCUT2D eigenvalue weighted by atomic mass is 32.2. The topological polar surface area (TPSA) is 26.3 Å². The van der Waals surface area contributed by atoms with Gasteiger partial charge in [0.2, 0.25) is 0 Å². The van der Waals surface area contributed by atoms with E-state index in [1.165, 1.54) is 22.3 Å². The average Bonchev–Trinajstić information content (AvgIpc) is 2.94. The predicted octanol–water partition coefficient (Wildman–Crippen LogP) is 7.61. The first-order valence-electron chi connectivity index (χ1n) is 11.9. The second-order valence-corrected chi connectivity index (χ2v) is 13.2. The van der Waals surface area contributed by atoms with Crippen LogP contribution >= 0.6 is 18.9 Å². The summed E-state index contributed by atoms with van der Waals surface area (Å²) in [6.07, 6.45) is 0.830. The highest BCUT2D eigenvalue weighted by molar-refractivity contribution is 8.11. The monoisotopic (exact) mass is 496 g/mol. The molecule has 35 heavy (non-hydrogen) atoms. The highest BCUT2D eigenvalue weighted by Gasteiger charge is 2.44. The van der Waals surface area contributed by atoms with Crippen molar-refractivity contribution in [3.05, 3.63) is 131 Å². The van der Waals surface area contributed by atoms with E-state index in [0.717, 1.165) is 22.8 Å². The molecule has 0 amide bonds. The van der Waals surface area contributed by atoms with Gasteiger partial charge in [-0.05, 0) is 47.6 Å². The summed E-state index contributed by atoms with van der Waals surface area (Å²) in [5.41, 5.74) is 4.92. The van der Waals surface area contributed by atoms with E-state index in [-0.39, 0.29) is 10.9 Å². The Morgan fingerprint density at radius 1 is 0.771 bits per heavy atom. The number of hydrogen-bond acceptors (Lipinski definition) is 3. The molecule has 5 rings (SSSR count). The maximum atomic E-state index is 15.3. The van der Waals surface area contributed by atoms with Crippen LogP contribution in [0, 0.1) is 6.92 Å². The van der Waals surface area contributed by atoms with Crippen molar-refractivity contribution in [3.63, 3.8) is 0 Å². The summed E-state index contributed by atoms with van der Waals surface area (Å²) in [6.45, 7) is 2.11. The van der Waals surface area contributed by atoms with E-state index in [0.29, 0.717) is 0 Å². The summed E-state index contributed by atoms with van der Waals surface area (Å²) in [5.74, 6) is 0.956. The summed E-state index contributed by atoms with van der Waals surface area (Å²) >= 11 is 1.72. The largest absolute Gasteiger partial charge is 0.497 e. The van der Waals surface area contributed by atoms with Crippen molar-refractivity contribution in [2.24, 2.45) is 0 Å². The molecule has 0 saturated heterocycles. The van der Waals surface area contributed by atoms with Crippen molar-refractivity contribution >= 4 is 35.1 Å². The van der Waals surface area contributed by atoms with Crippen molar-refractivity contribution in [2.75, 3.05) is 7.11 Å². The lowest BCUT2D eigenvalue weighted by atomic mass is 9.90. The minimum atomic E-state index is -2.97. The van der Waals surface area contributed by atoms with Gasteiger partial charge in [-0.25, -0.2) is 0 Å². The van der Waals surface area contributed by atoms with E-state index in [1.807, 2.05) is 72.8 Å². The van der Waals surface area contributed by atoms with Gasteiger partial charge in [-0.3, -0.25) is 0 Å². The molecule has 0 radical (unpaired) electrons. The van der Waals surface area contributed by atoms with Crippen molar-refractivity contribution in [3.8, 4) is 5.75 Å². The van der Waals surface area contributed by atoms with Gasteiger partial charge in [-0.15, -0.1) is 11.8 Å². The molecule has 4 heteroatoms. The molecule has 2 nitrogen and oxygen atoms in total. The Morgan fingerprint density at radius 2 is 1.34 bits per heavy atom. The highest BCUT2D eigenvalue weighted by Crippen LogP contribution is 2.62. The summed E-state index contributed by atoms with van der Waals surface area (Å²) in [4.78, 5) is -0.1000. The Kier molecular flexibility index (Phi) is 7.00. The van der Waals surface area contributed by atoms with Crippen molar-refractivity contribution in [2.45, 2.75) is 24.3 Å². The fourth-order valence-corrected chi connectivity index (χ4v) is 10.3. The van der Waals surface area contributed by atoms with E-state index in [1.54, 1.807) is 18.9 Å². The summed E-state index contributed by atoms with van der Waals surface area (Å²) in [6, 6.07) is 37.1. The number of benzene rings is 4. The van der Waals surface area contributed by atoms with Crippen molar-refractivity contribution < 1.29 is 9.30 Å². The molecule has 0 fully saturated rings. The van der Waals surface area contributed by atoms with Crippen LogP contribution in [0.5, 0.6) is 5.75 Å². The molecule has 4 aromatic carbocycles. The molecule has 0 bridgehead atoms. The molecule has 0 saturated carbocycles. The fraction of sp³-hybridized carbons (Fsp3) is 0.161. The number of rotatable bonds is 6. The van der Waals surface area contributed by atoms with Crippen LogP contribution in [0.1, 0.15) is 29.0 Å². The first kappa shape index (κ1) is 23.7. The molecule has 1 aliphatic heterocycles. The van der Waals surface area contributed by atoms with Crippen LogP contribution in [0.15, 0.2) is 115 Å². The van der Waals surface area contributed by atoms with Gasteiger partial charge in [0.25, 0.3) is 0 Å². The van der Waals surface area contributed by atoms with Gasteiger partial charge >= 0.3 is 0 Å². The molecule has 176 valence electrons. The van der Waals surface area contributed by atoms with E-state index >= 15 is 4.57 Å². The molecule has 0 aromatic heterocycles. The Hall–Kier alpha value is -3.00. The van der Waals surface area contributed by atoms with E-state index in [4.69, 9.17) is 4.74 Å². The minimum Gasteiger partial charge on any atom is -0.497 e. The van der Waals surface area contributed by atoms with Crippen LogP contribution in [-0.4, -0.2) is 12.1 Å². The van der Waals surface area contributed by atoms with Crippen LogP contribution in [0.3, 0.4) is 0 Å². The van der Waals surface area contributed by atoms with E-state index in [2.05, 4.69) is 48.7 Å². The van der Waals surface area contributed by atoms with Gasteiger partial charge in [0.05, 0.1) is 12.1 Å². The molecule has 0 aliphatic carbocycles. The van der Waals surface area contributed by atoms with Crippen LogP contribution in [0.4, 0.5) is 0 Å². The molecule has 1 heterocycles. The summed E-state index contributed by atoms with van der Waals surface area (Å²) in [5, 5.41) is 4.07. The molecule has 0 unspecified atom stereocenters. The second-order valence-electron chi connectivity index (χ2n) is 8.95. The van der Waals surface area contributed by atoms with E-state index in [9.17, 15) is 0 Å². The number of aryl methyl sites for hydroxylation is 1. The molecule has 4 aromatic rings. The SMILES string of the molecule is COc1ccc(C2=CS[C@H](P(=O)(c3ccccc3)c3ccccc3)[C@@H](c3ccc(C)cc3)C2)cc1. The van der Waals surface area contributed by atoms with Gasteiger partial charge in [-0.1, -0.05) is 103 Å². The van der Waals surface area contributed by atoms with Crippen LogP contribution in [-0.2, 0) is 4.57 Å². The standard InChI is InChI=1S/C31H29O2PS/c1-23-13-15-25(16-14-23)30-21-26(24-17-19-27(33-2)20-18-24)22-35-31(30)34(32,28-9-5-3-6-10-28)29-11-7-4-8-12-29/h3-20,22,30-31H,21H2,1-2H3/t30-,31+/m1/s1. The first-order valence-corrected chi connectivity index (χ1v) is 14.6. The van der Waals surface area contributed by atoms with E-state index < -0.39 is 7.14 Å².